The fraction of sp³-hybridized carbons (Fsp3) is 0.400. The van der Waals surface area contributed by atoms with Crippen molar-refractivity contribution in [2.75, 3.05) is 13.1 Å². The number of aryl methyl sites for hydroxylation is 2. The molecule has 2 amide bonds. The Hall–Kier alpha value is -1.96. The summed E-state index contributed by atoms with van der Waals surface area (Å²) in [5, 5.41) is 13.7. The van der Waals surface area contributed by atoms with Crippen LogP contribution in [0.5, 0.6) is 0 Å². The predicted molar refractivity (Wildman–Crippen MR) is 64.6 cm³/mol. The zero-order valence-corrected chi connectivity index (χ0v) is 10.8. The summed E-state index contributed by atoms with van der Waals surface area (Å²) in [6.45, 7) is 2.77. The standard InChI is InChI=1S/C10H13N3O4S/c1-5-9(18-6(2)13-5)10(17)12-3-7(14)11-4-8(15)16/h3-4H2,1-2H3,(H,11,14)(H,12,17)(H,15,16). The van der Waals surface area contributed by atoms with Gasteiger partial charge >= 0.3 is 5.97 Å². The van der Waals surface area contributed by atoms with Gasteiger partial charge in [-0.25, -0.2) is 4.98 Å². The second-order valence-electron chi connectivity index (χ2n) is 3.50. The molecule has 0 radical (unpaired) electrons. The van der Waals surface area contributed by atoms with Crippen molar-refractivity contribution in [1.29, 1.82) is 0 Å². The molecule has 0 aliphatic rings. The number of carboxylic acids is 1. The van der Waals surface area contributed by atoms with Gasteiger partial charge in [0.15, 0.2) is 0 Å². The van der Waals surface area contributed by atoms with Crippen LogP contribution >= 0.6 is 11.3 Å². The van der Waals surface area contributed by atoms with Crippen molar-refractivity contribution in [2.24, 2.45) is 0 Å². The molecule has 1 heterocycles. The van der Waals surface area contributed by atoms with Gasteiger partial charge in [0.1, 0.15) is 11.4 Å². The van der Waals surface area contributed by atoms with Crippen LogP contribution in [0.3, 0.4) is 0 Å². The lowest BCUT2D eigenvalue weighted by atomic mass is 10.3. The number of nitrogens with zero attached hydrogens (tertiary/aromatic N) is 1. The molecule has 1 rings (SSSR count). The van der Waals surface area contributed by atoms with E-state index in [2.05, 4.69) is 15.6 Å². The summed E-state index contributed by atoms with van der Waals surface area (Å²) in [6, 6.07) is 0. The van der Waals surface area contributed by atoms with Crippen molar-refractivity contribution < 1.29 is 19.5 Å². The van der Waals surface area contributed by atoms with Gasteiger partial charge in [0.2, 0.25) is 5.91 Å². The summed E-state index contributed by atoms with van der Waals surface area (Å²) in [5.74, 6) is -2.07. The Morgan fingerprint density at radius 2 is 1.89 bits per heavy atom. The molecule has 0 bridgehead atoms. The average molecular weight is 271 g/mol. The minimum Gasteiger partial charge on any atom is -0.480 e. The molecule has 0 atom stereocenters. The largest absolute Gasteiger partial charge is 0.480 e. The van der Waals surface area contributed by atoms with E-state index in [0.717, 1.165) is 5.01 Å². The summed E-state index contributed by atoms with van der Waals surface area (Å²) >= 11 is 1.24. The first kappa shape index (κ1) is 14.1. The first-order chi connectivity index (χ1) is 8.40. The SMILES string of the molecule is Cc1nc(C)c(C(=O)NCC(=O)NCC(=O)O)s1. The number of hydrogen-bond donors (Lipinski definition) is 3. The third-order valence-corrected chi connectivity index (χ3v) is 3.03. The van der Waals surface area contributed by atoms with Gasteiger partial charge in [0, 0.05) is 0 Å². The van der Waals surface area contributed by atoms with Crippen LogP contribution in [0.15, 0.2) is 0 Å². The molecule has 0 saturated heterocycles. The Morgan fingerprint density at radius 1 is 1.22 bits per heavy atom. The number of aromatic nitrogens is 1. The van der Waals surface area contributed by atoms with Crippen molar-refractivity contribution in [1.82, 2.24) is 15.6 Å². The van der Waals surface area contributed by atoms with Gasteiger partial charge in [-0.2, -0.15) is 0 Å². The lowest BCUT2D eigenvalue weighted by Gasteiger charge is -2.04. The first-order valence-corrected chi connectivity index (χ1v) is 5.92. The van der Waals surface area contributed by atoms with E-state index in [1.165, 1.54) is 11.3 Å². The van der Waals surface area contributed by atoms with Crippen LogP contribution < -0.4 is 10.6 Å². The summed E-state index contributed by atoms with van der Waals surface area (Å²) in [6.07, 6.45) is 0. The third kappa shape index (κ3) is 4.13. The molecule has 0 aliphatic heterocycles. The number of carbonyl (C=O) groups is 3. The lowest BCUT2D eigenvalue weighted by Crippen LogP contribution is -2.38. The minimum absolute atomic E-state index is 0.261. The Bertz CT molecular complexity index is 483. The minimum atomic E-state index is -1.14. The summed E-state index contributed by atoms with van der Waals surface area (Å²) in [7, 11) is 0. The highest BCUT2D eigenvalue weighted by Crippen LogP contribution is 2.16. The number of carbonyl (C=O) groups excluding carboxylic acids is 2. The van der Waals surface area contributed by atoms with Gasteiger partial charge in [-0.15, -0.1) is 11.3 Å². The lowest BCUT2D eigenvalue weighted by molar-refractivity contribution is -0.137. The van der Waals surface area contributed by atoms with Crippen molar-refractivity contribution >= 4 is 29.1 Å². The highest BCUT2D eigenvalue weighted by atomic mass is 32.1. The molecule has 0 saturated carbocycles. The number of rotatable bonds is 5. The Balaban J connectivity index is 2.44. The van der Waals surface area contributed by atoms with Crippen molar-refractivity contribution in [2.45, 2.75) is 13.8 Å². The molecule has 0 spiro atoms. The van der Waals surface area contributed by atoms with Crippen LogP contribution in [-0.4, -0.2) is 41.0 Å². The molecule has 98 valence electrons. The number of aliphatic carboxylic acids is 1. The normalized spacial score (nSPS) is 9.89. The number of amides is 2. The highest BCUT2D eigenvalue weighted by Gasteiger charge is 2.14. The van der Waals surface area contributed by atoms with Crippen molar-refractivity contribution in [3.63, 3.8) is 0 Å². The molecule has 0 aromatic carbocycles. The molecular weight excluding hydrogens is 258 g/mol. The molecule has 18 heavy (non-hydrogen) atoms. The predicted octanol–water partition coefficient (Wildman–Crippen LogP) is -0.309. The maximum atomic E-state index is 11.7. The topological polar surface area (TPSA) is 108 Å². The monoisotopic (exact) mass is 271 g/mol. The van der Waals surface area contributed by atoms with Crippen LogP contribution in [0.1, 0.15) is 20.4 Å². The van der Waals surface area contributed by atoms with Crippen molar-refractivity contribution in [3.05, 3.63) is 15.6 Å². The quantitative estimate of drug-likeness (QED) is 0.680. The van der Waals surface area contributed by atoms with Crippen molar-refractivity contribution in [3.8, 4) is 0 Å². The number of nitrogens with one attached hydrogen (secondary N) is 2. The molecule has 1 aromatic heterocycles. The van der Waals surface area contributed by atoms with E-state index in [0.29, 0.717) is 10.6 Å². The van der Waals surface area contributed by atoms with E-state index >= 15 is 0 Å². The molecule has 0 aliphatic carbocycles. The maximum Gasteiger partial charge on any atom is 0.322 e. The van der Waals surface area contributed by atoms with Gasteiger partial charge in [-0.1, -0.05) is 0 Å². The Labute approximate surface area is 107 Å². The van der Waals surface area contributed by atoms with Gasteiger partial charge in [-0.05, 0) is 13.8 Å². The van der Waals surface area contributed by atoms with Gasteiger partial charge in [0.05, 0.1) is 17.2 Å². The first-order valence-electron chi connectivity index (χ1n) is 5.11. The van der Waals surface area contributed by atoms with Gasteiger partial charge in [-0.3, -0.25) is 14.4 Å². The Morgan fingerprint density at radius 3 is 2.39 bits per heavy atom. The summed E-state index contributed by atoms with van der Waals surface area (Å²) < 4.78 is 0. The van der Waals surface area contributed by atoms with Crippen LogP contribution in [0.25, 0.3) is 0 Å². The Kier molecular flexibility index (Phi) is 4.78. The van der Waals surface area contributed by atoms with Crippen LogP contribution in [0.2, 0.25) is 0 Å². The average Bonchev–Trinajstić information content (AvgIpc) is 2.62. The second-order valence-corrected chi connectivity index (χ2v) is 4.70. The van der Waals surface area contributed by atoms with Crippen LogP contribution in [0, 0.1) is 13.8 Å². The van der Waals surface area contributed by atoms with E-state index in [4.69, 9.17) is 5.11 Å². The van der Waals surface area contributed by atoms with E-state index in [9.17, 15) is 14.4 Å². The second kappa shape index (κ2) is 6.10. The number of hydrogen-bond acceptors (Lipinski definition) is 5. The fourth-order valence-corrected chi connectivity index (χ4v) is 2.06. The molecule has 0 fully saturated rings. The molecular formula is C10H13N3O4S. The number of thiazole rings is 1. The third-order valence-electron chi connectivity index (χ3n) is 1.96. The zero-order valence-electron chi connectivity index (χ0n) is 9.94. The summed E-state index contributed by atoms with van der Waals surface area (Å²) in [4.78, 5) is 37.6. The smallest absolute Gasteiger partial charge is 0.322 e. The molecule has 7 nitrogen and oxygen atoms in total. The number of carboxylic acid groups (broad SMARTS) is 1. The van der Waals surface area contributed by atoms with Gasteiger partial charge in [0.25, 0.3) is 5.91 Å². The fourth-order valence-electron chi connectivity index (χ4n) is 1.22. The molecule has 0 unspecified atom stereocenters. The van der Waals surface area contributed by atoms with E-state index in [1.54, 1.807) is 13.8 Å². The molecule has 3 N–H and O–H groups in total. The van der Waals surface area contributed by atoms with Crippen LogP contribution in [-0.2, 0) is 9.59 Å². The van der Waals surface area contributed by atoms with E-state index < -0.39 is 18.4 Å². The highest BCUT2D eigenvalue weighted by molar-refractivity contribution is 7.13. The summed E-state index contributed by atoms with van der Waals surface area (Å²) in [5.41, 5.74) is 0.612. The maximum absolute atomic E-state index is 11.7. The molecule has 1 aromatic rings. The molecule has 8 heteroatoms. The van der Waals surface area contributed by atoms with Crippen LogP contribution in [0.4, 0.5) is 0 Å². The van der Waals surface area contributed by atoms with E-state index in [1.807, 2.05) is 0 Å². The van der Waals surface area contributed by atoms with E-state index in [-0.39, 0.29) is 12.5 Å². The van der Waals surface area contributed by atoms with Gasteiger partial charge < -0.3 is 15.7 Å². The zero-order chi connectivity index (χ0) is 13.7.